The van der Waals surface area contributed by atoms with Gasteiger partial charge in [-0.1, -0.05) is 35.9 Å². The van der Waals surface area contributed by atoms with Crippen LogP contribution in [0.3, 0.4) is 0 Å². The topological polar surface area (TPSA) is 75.1 Å². The van der Waals surface area contributed by atoms with E-state index in [9.17, 15) is 14.7 Å². The van der Waals surface area contributed by atoms with E-state index in [4.69, 9.17) is 23.8 Å². The number of benzene rings is 3. The largest absolute Gasteiger partial charge is 0.508 e. The van der Waals surface area contributed by atoms with Gasteiger partial charge in [-0.3, -0.25) is 14.2 Å². The zero-order valence-electron chi connectivity index (χ0n) is 16.0. The molecule has 0 radical (unpaired) electrons. The summed E-state index contributed by atoms with van der Waals surface area (Å²) in [6.07, 6.45) is 0.332. The number of hydrogen-bond donors (Lipinski definition) is 2. The molecule has 0 saturated heterocycles. The third kappa shape index (κ3) is 3.67. The number of nitrogens with one attached hydrogen (secondary N) is 1. The number of hydrogen-bond acceptors (Lipinski definition) is 4. The normalized spacial score (nSPS) is 11.0. The number of phenolic OH excluding ortho intramolecular Hbond substituents is 1. The Morgan fingerprint density at radius 2 is 1.63 bits per heavy atom. The molecule has 150 valence electrons. The predicted octanol–water partition coefficient (Wildman–Crippen LogP) is 4.78. The monoisotopic (exact) mass is 436 g/mol. The molecule has 0 spiro atoms. The van der Waals surface area contributed by atoms with Crippen LogP contribution in [0.15, 0.2) is 65.5 Å². The molecule has 5 nitrogen and oxygen atoms in total. The molecule has 0 aliphatic carbocycles. The van der Waals surface area contributed by atoms with Crippen molar-refractivity contribution in [2.45, 2.75) is 6.42 Å². The van der Waals surface area contributed by atoms with Crippen molar-refractivity contribution in [3.63, 3.8) is 0 Å². The molecule has 0 unspecified atom stereocenters. The lowest BCUT2D eigenvalue weighted by atomic mass is 9.97. The molecule has 0 saturated carbocycles. The standard InChI is InChI=1S/C23H17ClN2O3S/c1-26-22(29)20-17(19(27)11-10-18(20)25-23(26)30)12-13-2-4-14(5-3-13)21(28)15-6-8-16(24)9-7-15/h2-11,27H,12H2,1H3,(H,25,30). The average molecular weight is 437 g/mol. The number of fused-ring (bicyclic) bond motifs is 1. The molecule has 0 aliphatic rings. The first kappa shape index (κ1) is 20.1. The van der Waals surface area contributed by atoms with Crippen molar-refractivity contribution in [2.75, 3.05) is 0 Å². The Balaban J connectivity index is 1.69. The second-order valence-electron chi connectivity index (χ2n) is 6.99. The summed E-state index contributed by atoms with van der Waals surface area (Å²) in [5.74, 6) is -0.0703. The van der Waals surface area contributed by atoms with Gasteiger partial charge in [0.15, 0.2) is 10.6 Å². The average Bonchev–Trinajstić information content (AvgIpc) is 2.75. The fourth-order valence-electron chi connectivity index (χ4n) is 3.37. The van der Waals surface area contributed by atoms with Gasteiger partial charge in [-0.15, -0.1) is 0 Å². The van der Waals surface area contributed by atoms with Gasteiger partial charge >= 0.3 is 0 Å². The molecule has 3 aromatic carbocycles. The van der Waals surface area contributed by atoms with Crippen LogP contribution in [0.5, 0.6) is 5.75 Å². The summed E-state index contributed by atoms with van der Waals surface area (Å²) >= 11 is 11.0. The minimum atomic E-state index is -0.269. The fraction of sp³-hybridized carbons (Fsp3) is 0.0870. The van der Waals surface area contributed by atoms with E-state index in [2.05, 4.69) is 4.98 Å². The summed E-state index contributed by atoms with van der Waals surface area (Å²) in [5, 5.41) is 11.4. The van der Waals surface area contributed by atoms with Gasteiger partial charge in [-0.05, 0) is 54.2 Å². The molecule has 0 bridgehead atoms. The van der Waals surface area contributed by atoms with Crippen LogP contribution in [0.2, 0.25) is 5.02 Å². The molecule has 1 heterocycles. The number of H-pyrrole nitrogens is 1. The first-order chi connectivity index (χ1) is 14.3. The lowest BCUT2D eigenvalue weighted by Gasteiger charge is -2.11. The summed E-state index contributed by atoms with van der Waals surface area (Å²) in [6, 6.07) is 17.0. The van der Waals surface area contributed by atoms with Crippen molar-refractivity contribution in [2.24, 2.45) is 7.05 Å². The van der Waals surface area contributed by atoms with Crippen molar-refractivity contribution < 1.29 is 9.90 Å². The van der Waals surface area contributed by atoms with Crippen LogP contribution in [0.25, 0.3) is 10.9 Å². The van der Waals surface area contributed by atoms with Crippen LogP contribution in [-0.4, -0.2) is 20.4 Å². The van der Waals surface area contributed by atoms with Gasteiger partial charge in [0.25, 0.3) is 5.56 Å². The van der Waals surface area contributed by atoms with E-state index >= 15 is 0 Å². The summed E-state index contributed by atoms with van der Waals surface area (Å²) in [5.41, 5.74) is 2.77. The Bertz CT molecular complexity index is 1390. The smallest absolute Gasteiger partial charge is 0.262 e. The van der Waals surface area contributed by atoms with Crippen molar-refractivity contribution in [3.05, 3.63) is 103 Å². The first-order valence-corrected chi connectivity index (χ1v) is 9.97. The number of ketones is 1. The Hall–Kier alpha value is -3.22. The van der Waals surface area contributed by atoms with Crippen molar-refractivity contribution in [3.8, 4) is 5.75 Å². The molecular weight excluding hydrogens is 420 g/mol. The van der Waals surface area contributed by atoms with Gasteiger partial charge in [-0.25, -0.2) is 0 Å². The third-order valence-corrected chi connectivity index (χ3v) is 5.68. The second kappa shape index (κ2) is 7.89. The van der Waals surface area contributed by atoms with Crippen LogP contribution >= 0.6 is 23.8 Å². The van der Waals surface area contributed by atoms with Crippen LogP contribution in [0.4, 0.5) is 0 Å². The predicted molar refractivity (Wildman–Crippen MR) is 120 cm³/mol. The molecule has 2 N–H and O–H groups in total. The van der Waals surface area contributed by atoms with Crippen LogP contribution < -0.4 is 5.56 Å². The molecule has 0 atom stereocenters. The van der Waals surface area contributed by atoms with Crippen LogP contribution in [0.1, 0.15) is 27.0 Å². The maximum atomic E-state index is 12.7. The van der Waals surface area contributed by atoms with Crippen LogP contribution in [-0.2, 0) is 13.5 Å². The maximum absolute atomic E-state index is 12.7. The molecule has 7 heteroatoms. The molecule has 4 rings (SSSR count). The summed E-state index contributed by atoms with van der Waals surface area (Å²) in [4.78, 5) is 28.4. The van der Waals surface area contributed by atoms with Crippen molar-refractivity contribution in [1.82, 2.24) is 9.55 Å². The Labute approximate surface area is 182 Å². The molecule has 30 heavy (non-hydrogen) atoms. The van der Waals surface area contributed by atoms with E-state index in [1.54, 1.807) is 55.6 Å². The molecule has 1 aromatic heterocycles. The SMILES string of the molecule is Cn1c(=S)[nH]c2ccc(O)c(Cc3ccc(C(=O)c4ccc(Cl)cc4)cc3)c2c1=O. The van der Waals surface area contributed by atoms with Crippen molar-refractivity contribution in [1.29, 1.82) is 0 Å². The lowest BCUT2D eigenvalue weighted by Crippen LogP contribution is -2.20. The number of nitrogens with zero attached hydrogens (tertiary/aromatic N) is 1. The number of rotatable bonds is 4. The fourth-order valence-corrected chi connectivity index (χ4v) is 3.69. The minimum absolute atomic E-state index is 0.0337. The first-order valence-electron chi connectivity index (χ1n) is 9.18. The molecule has 4 aromatic rings. The lowest BCUT2D eigenvalue weighted by molar-refractivity contribution is 0.103. The zero-order chi connectivity index (χ0) is 21.4. The molecular formula is C23H17ClN2O3S. The van der Waals surface area contributed by atoms with E-state index in [0.717, 1.165) is 5.56 Å². The van der Waals surface area contributed by atoms with Gasteiger partial charge in [0, 0.05) is 35.2 Å². The third-order valence-electron chi connectivity index (χ3n) is 5.06. The highest BCUT2D eigenvalue weighted by Gasteiger charge is 2.14. The quantitative estimate of drug-likeness (QED) is 0.356. The number of carbonyl (C=O) groups excluding carboxylic acids is 1. The zero-order valence-corrected chi connectivity index (χ0v) is 17.6. The van der Waals surface area contributed by atoms with Gasteiger partial charge in [-0.2, -0.15) is 0 Å². The highest BCUT2D eigenvalue weighted by Crippen LogP contribution is 2.27. The second-order valence-corrected chi connectivity index (χ2v) is 7.81. The van der Waals surface area contributed by atoms with Gasteiger partial charge in [0.1, 0.15) is 5.75 Å². The highest BCUT2D eigenvalue weighted by molar-refractivity contribution is 7.71. The minimum Gasteiger partial charge on any atom is -0.508 e. The van der Waals surface area contributed by atoms with Gasteiger partial charge in [0.05, 0.1) is 10.9 Å². The van der Waals surface area contributed by atoms with E-state index in [0.29, 0.717) is 43.8 Å². The summed E-state index contributed by atoms with van der Waals surface area (Å²) in [7, 11) is 1.59. The number of carbonyl (C=O) groups is 1. The van der Waals surface area contributed by atoms with Gasteiger partial charge in [0.2, 0.25) is 0 Å². The van der Waals surface area contributed by atoms with E-state index in [-0.39, 0.29) is 17.1 Å². The highest BCUT2D eigenvalue weighted by atomic mass is 35.5. The van der Waals surface area contributed by atoms with E-state index in [1.165, 1.54) is 4.57 Å². The number of phenols is 1. The Kier molecular flexibility index (Phi) is 5.28. The Morgan fingerprint density at radius 1 is 1.03 bits per heavy atom. The summed E-state index contributed by atoms with van der Waals surface area (Å²) in [6.45, 7) is 0. The molecule has 0 fully saturated rings. The van der Waals surface area contributed by atoms with E-state index in [1.807, 2.05) is 12.1 Å². The number of aromatic hydroxyl groups is 1. The molecule has 0 amide bonds. The molecule has 0 aliphatic heterocycles. The van der Waals surface area contributed by atoms with Crippen LogP contribution in [0, 0.1) is 4.77 Å². The number of aromatic amines is 1. The summed E-state index contributed by atoms with van der Waals surface area (Å²) < 4.78 is 1.66. The van der Waals surface area contributed by atoms with E-state index < -0.39 is 0 Å². The Morgan fingerprint density at radius 3 is 2.27 bits per heavy atom. The van der Waals surface area contributed by atoms with Crippen molar-refractivity contribution >= 4 is 40.5 Å². The number of halogens is 1. The van der Waals surface area contributed by atoms with Gasteiger partial charge < -0.3 is 10.1 Å². The maximum Gasteiger partial charge on any atom is 0.262 e. The number of aromatic nitrogens is 2.